The van der Waals surface area contributed by atoms with Gasteiger partial charge in [0, 0.05) is 6.54 Å². The van der Waals surface area contributed by atoms with Gasteiger partial charge in [-0.3, -0.25) is 9.48 Å². The predicted octanol–water partition coefficient (Wildman–Crippen LogP) is 4.31. The number of amides is 1. The van der Waals surface area contributed by atoms with E-state index in [9.17, 15) is 4.79 Å². The fourth-order valence-electron chi connectivity index (χ4n) is 2.28. The van der Waals surface area contributed by atoms with Crippen molar-refractivity contribution < 1.29 is 9.53 Å². The molecule has 0 saturated heterocycles. The molecule has 130 valence electrons. The highest BCUT2D eigenvalue weighted by atomic mass is 16.5. The second kappa shape index (κ2) is 7.99. The molecule has 1 aromatic heterocycles. The number of rotatable bonds is 7. The second-order valence-corrected chi connectivity index (χ2v) is 6.58. The van der Waals surface area contributed by atoms with Crippen molar-refractivity contribution in [2.75, 3.05) is 11.9 Å². The fraction of sp³-hybridized carbons (Fsp3) is 0.474. The molecular weight excluding hydrogens is 302 g/mol. The lowest BCUT2D eigenvalue weighted by atomic mass is 10.1. The number of nitrogens with one attached hydrogen (secondary N) is 1. The summed E-state index contributed by atoms with van der Waals surface area (Å²) in [6, 6.07) is 9.37. The molecule has 24 heavy (non-hydrogen) atoms. The Labute approximate surface area is 144 Å². The molecule has 0 aliphatic carbocycles. The van der Waals surface area contributed by atoms with Gasteiger partial charge in [0.25, 0.3) is 5.91 Å². The van der Waals surface area contributed by atoms with Gasteiger partial charge in [0.1, 0.15) is 11.4 Å². The van der Waals surface area contributed by atoms with E-state index in [-0.39, 0.29) is 11.8 Å². The van der Waals surface area contributed by atoms with Gasteiger partial charge in [0.15, 0.2) is 0 Å². The van der Waals surface area contributed by atoms with E-state index in [4.69, 9.17) is 4.74 Å². The van der Waals surface area contributed by atoms with Crippen LogP contribution in [0.1, 0.15) is 56.7 Å². The van der Waals surface area contributed by atoms with E-state index in [0.29, 0.717) is 36.2 Å². The lowest BCUT2D eigenvalue weighted by Gasteiger charge is -2.14. The molecule has 0 radical (unpaired) electrons. The van der Waals surface area contributed by atoms with E-state index < -0.39 is 0 Å². The van der Waals surface area contributed by atoms with E-state index >= 15 is 0 Å². The molecule has 0 saturated carbocycles. The van der Waals surface area contributed by atoms with Crippen molar-refractivity contribution in [1.82, 2.24) is 9.78 Å². The summed E-state index contributed by atoms with van der Waals surface area (Å²) < 4.78 is 7.54. The fourth-order valence-corrected chi connectivity index (χ4v) is 2.28. The zero-order chi connectivity index (χ0) is 17.7. The summed E-state index contributed by atoms with van der Waals surface area (Å²) in [5.74, 6) is 1.22. The lowest BCUT2D eigenvalue weighted by Crippen LogP contribution is -2.18. The molecule has 0 aliphatic rings. The highest BCUT2D eigenvalue weighted by molar-refractivity contribution is 6.04. The average molecular weight is 329 g/mol. The third-order valence-corrected chi connectivity index (χ3v) is 3.63. The van der Waals surface area contributed by atoms with E-state index in [1.807, 2.05) is 37.3 Å². The molecule has 0 atom stereocenters. The van der Waals surface area contributed by atoms with Gasteiger partial charge in [-0.1, -0.05) is 39.8 Å². The van der Waals surface area contributed by atoms with Crippen LogP contribution in [-0.4, -0.2) is 22.3 Å². The van der Waals surface area contributed by atoms with Crippen LogP contribution in [0.5, 0.6) is 5.75 Å². The first-order chi connectivity index (χ1) is 11.4. The first-order valence-electron chi connectivity index (χ1n) is 8.53. The number of para-hydroxylation sites is 2. The molecule has 1 heterocycles. The minimum absolute atomic E-state index is 0.170. The molecule has 0 unspecified atom stereocenters. The summed E-state index contributed by atoms with van der Waals surface area (Å²) in [5, 5.41) is 7.45. The van der Waals surface area contributed by atoms with Crippen LogP contribution in [-0.2, 0) is 6.54 Å². The Balaban J connectivity index is 2.21. The van der Waals surface area contributed by atoms with Crippen LogP contribution in [0.3, 0.4) is 0 Å². The van der Waals surface area contributed by atoms with E-state index in [1.165, 1.54) is 0 Å². The molecule has 5 nitrogen and oxygen atoms in total. The van der Waals surface area contributed by atoms with Crippen LogP contribution in [0.4, 0.5) is 5.69 Å². The highest BCUT2D eigenvalue weighted by Gasteiger charge is 2.17. The van der Waals surface area contributed by atoms with Crippen molar-refractivity contribution in [2.24, 2.45) is 5.92 Å². The topological polar surface area (TPSA) is 56.2 Å². The smallest absolute Gasteiger partial charge is 0.274 e. The van der Waals surface area contributed by atoms with Crippen molar-refractivity contribution in [1.29, 1.82) is 0 Å². The lowest BCUT2D eigenvalue weighted by molar-refractivity contribution is 0.101. The van der Waals surface area contributed by atoms with Gasteiger partial charge in [0.2, 0.25) is 0 Å². The van der Waals surface area contributed by atoms with Gasteiger partial charge in [0.05, 0.1) is 18.0 Å². The minimum atomic E-state index is -0.170. The zero-order valence-electron chi connectivity index (χ0n) is 15.2. The maximum atomic E-state index is 12.7. The van der Waals surface area contributed by atoms with Gasteiger partial charge in [-0.05, 0) is 37.0 Å². The van der Waals surface area contributed by atoms with E-state index in [0.717, 1.165) is 5.69 Å². The Morgan fingerprint density at radius 2 is 1.96 bits per heavy atom. The third kappa shape index (κ3) is 4.37. The van der Waals surface area contributed by atoms with Crippen molar-refractivity contribution in [3.05, 3.63) is 41.7 Å². The van der Waals surface area contributed by atoms with E-state index in [2.05, 4.69) is 38.1 Å². The second-order valence-electron chi connectivity index (χ2n) is 6.58. The van der Waals surface area contributed by atoms with Gasteiger partial charge in [-0.25, -0.2) is 0 Å². The minimum Gasteiger partial charge on any atom is -0.491 e. The molecule has 1 amide bonds. The Bertz CT molecular complexity index is 690. The summed E-state index contributed by atoms with van der Waals surface area (Å²) in [6.45, 7) is 11.6. The summed E-state index contributed by atoms with van der Waals surface area (Å²) in [6.07, 6.45) is 0. The Kier molecular flexibility index (Phi) is 6.01. The molecule has 0 fully saturated rings. The number of aromatic nitrogens is 2. The van der Waals surface area contributed by atoms with Crippen LogP contribution in [0, 0.1) is 5.92 Å². The Morgan fingerprint density at radius 3 is 2.58 bits per heavy atom. The third-order valence-electron chi connectivity index (χ3n) is 3.63. The molecule has 1 aromatic carbocycles. The van der Waals surface area contributed by atoms with Crippen LogP contribution in [0.15, 0.2) is 30.3 Å². The van der Waals surface area contributed by atoms with Gasteiger partial charge in [-0.15, -0.1) is 0 Å². The van der Waals surface area contributed by atoms with Crippen molar-refractivity contribution in [3.63, 3.8) is 0 Å². The largest absolute Gasteiger partial charge is 0.491 e. The van der Waals surface area contributed by atoms with Gasteiger partial charge >= 0.3 is 0 Å². The average Bonchev–Trinajstić information content (AvgIpc) is 2.98. The van der Waals surface area contributed by atoms with Crippen molar-refractivity contribution >= 4 is 11.6 Å². The first kappa shape index (κ1) is 18.0. The van der Waals surface area contributed by atoms with Crippen LogP contribution >= 0.6 is 0 Å². The molecule has 0 bridgehead atoms. The van der Waals surface area contributed by atoms with Crippen LogP contribution in [0.25, 0.3) is 0 Å². The van der Waals surface area contributed by atoms with Crippen molar-refractivity contribution in [2.45, 2.75) is 47.1 Å². The van der Waals surface area contributed by atoms with E-state index in [1.54, 1.807) is 4.68 Å². The number of carbonyl (C=O) groups excluding carboxylic acids is 1. The number of hydrogen-bond donors (Lipinski definition) is 1. The number of benzene rings is 1. The molecule has 5 heteroatoms. The van der Waals surface area contributed by atoms with Crippen LogP contribution < -0.4 is 10.1 Å². The SMILES string of the molecule is CCn1nc(C(C)C)cc1C(=O)Nc1ccccc1OCC(C)C. The quantitative estimate of drug-likeness (QED) is 0.823. The van der Waals surface area contributed by atoms with Gasteiger partial charge < -0.3 is 10.1 Å². The summed E-state index contributed by atoms with van der Waals surface area (Å²) in [7, 11) is 0. The molecule has 0 spiro atoms. The zero-order valence-corrected chi connectivity index (χ0v) is 15.2. The van der Waals surface area contributed by atoms with Gasteiger partial charge in [-0.2, -0.15) is 5.10 Å². The maximum absolute atomic E-state index is 12.7. The predicted molar refractivity (Wildman–Crippen MR) is 96.7 cm³/mol. The summed E-state index contributed by atoms with van der Waals surface area (Å²) in [5.41, 5.74) is 2.17. The first-order valence-corrected chi connectivity index (χ1v) is 8.53. The number of carbonyl (C=O) groups is 1. The number of aryl methyl sites for hydroxylation is 1. The number of nitrogens with zero attached hydrogens (tertiary/aromatic N) is 2. The Morgan fingerprint density at radius 1 is 1.25 bits per heavy atom. The molecule has 2 rings (SSSR count). The number of ether oxygens (including phenoxy) is 1. The van der Waals surface area contributed by atoms with Crippen LogP contribution in [0.2, 0.25) is 0 Å². The summed E-state index contributed by atoms with van der Waals surface area (Å²) >= 11 is 0. The molecule has 2 aromatic rings. The molecule has 1 N–H and O–H groups in total. The number of hydrogen-bond acceptors (Lipinski definition) is 3. The monoisotopic (exact) mass is 329 g/mol. The standard InChI is InChI=1S/C19H27N3O2/c1-6-22-17(11-16(21-22)14(4)5)19(23)20-15-9-7-8-10-18(15)24-12-13(2)3/h7-11,13-14H,6,12H2,1-5H3,(H,20,23). The normalized spacial score (nSPS) is 11.1. The summed E-state index contributed by atoms with van der Waals surface area (Å²) in [4.78, 5) is 12.7. The molecular formula is C19H27N3O2. The Hall–Kier alpha value is -2.30. The maximum Gasteiger partial charge on any atom is 0.274 e. The highest BCUT2D eigenvalue weighted by Crippen LogP contribution is 2.25. The number of anilines is 1. The molecule has 0 aliphatic heterocycles. The van der Waals surface area contributed by atoms with Crippen molar-refractivity contribution in [3.8, 4) is 5.75 Å².